The third-order valence-electron chi connectivity index (χ3n) is 0. The summed E-state index contributed by atoms with van der Waals surface area (Å²) in [7, 11) is 0. The summed E-state index contributed by atoms with van der Waals surface area (Å²) in [4.78, 5) is 0. The Kier molecular flexibility index (Phi) is 16300. The third kappa shape index (κ3) is 398. The van der Waals surface area contributed by atoms with Crippen LogP contribution in [0.4, 0.5) is 0 Å². The molecule has 12 N–H and O–H groups in total. The second kappa shape index (κ2) is 452. The molecular formula is H12Al2Ca2O11. The number of hydrogen-bond acceptors (Lipinski definition) is 0. The monoisotopic (exact) mass is 322 g/mol. The Morgan fingerprint density at radius 2 is 0.267 bits per heavy atom. The molecule has 0 fully saturated rings. The molecule has 0 aliphatic carbocycles. The molecule has 0 heterocycles. The van der Waals surface area contributed by atoms with Crippen molar-refractivity contribution in [1.29, 1.82) is 0 Å². The third-order valence-corrected chi connectivity index (χ3v) is 0. The molecule has 0 bridgehead atoms. The summed E-state index contributed by atoms with van der Waals surface area (Å²) in [6.07, 6.45) is 0. The van der Waals surface area contributed by atoms with E-state index in [9.17, 15) is 0 Å². The van der Waals surface area contributed by atoms with Crippen LogP contribution < -0.4 is 0 Å². The molecule has 0 saturated carbocycles. The average Bonchev–Trinajstić information content (AvgIpc) is 0. The van der Waals surface area contributed by atoms with E-state index < -0.39 is 0 Å². The van der Waals surface area contributed by atoms with Gasteiger partial charge in [0.2, 0.25) is 0 Å². The quantitative estimate of drug-likeness (QED) is 0.375. The Morgan fingerprint density at radius 3 is 0.267 bits per heavy atom. The van der Waals surface area contributed by atoms with Crippen molar-refractivity contribution in [2.24, 2.45) is 0 Å². The standard InChI is InChI=1S/2Al.2Ca.6H2O.5O/h;;;;6*1H2;;;;;/q2*+3;2*+2;;;;;;;5*-2. The van der Waals surface area contributed by atoms with Crippen LogP contribution in [0.5, 0.6) is 0 Å². The van der Waals surface area contributed by atoms with Crippen LogP contribution in [-0.2, 0) is 27.4 Å². The van der Waals surface area contributed by atoms with E-state index in [1.807, 2.05) is 0 Å². The summed E-state index contributed by atoms with van der Waals surface area (Å²) in [6.45, 7) is 0. The van der Waals surface area contributed by atoms with Gasteiger partial charge in [-0.15, -0.1) is 0 Å². The van der Waals surface area contributed by atoms with Gasteiger partial charge in [-0.1, -0.05) is 0 Å². The molecule has 0 aromatic carbocycles. The van der Waals surface area contributed by atoms with Gasteiger partial charge < -0.3 is 60.2 Å². The fraction of sp³-hybridized carbons (Fsp3) is 0. The summed E-state index contributed by atoms with van der Waals surface area (Å²) in [6, 6.07) is 0. The van der Waals surface area contributed by atoms with Crippen molar-refractivity contribution < 1.29 is 60.2 Å². The van der Waals surface area contributed by atoms with Crippen molar-refractivity contribution in [2.75, 3.05) is 0 Å². The predicted molar refractivity (Wildman–Crippen MR) is 48.1 cm³/mol. The van der Waals surface area contributed by atoms with Gasteiger partial charge in [0.1, 0.15) is 0 Å². The molecule has 0 rings (SSSR count). The molecule has 88 valence electrons. The van der Waals surface area contributed by atoms with Crippen LogP contribution in [0.1, 0.15) is 0 Å². The van der Waals surface area contributed by atoms with Gasteiger partial charge in [0.25, 0.3) is 0 Å². The molecule has 15 heteroatoms. The van der Waals surface area contributed by atoms with Crippen molar-refractivity contribution in [3.05, 3.63) is 0 Å². The largest absolute Gasteiger partial charge is 3.00 e. The first-order valence-corrected chi connectivity index (χ1v) is 0. The van der Waals surface area contributed by atoms with E-state index in [-0.39, 0.29) is 170 Å². The van der Waals surface area contributed by atoms with E-state index >= 15 is 0 Å². The first-order chi connectivity index (χ1) is 0. The fourth-order valence-electron chi connectivity index (χ4n) is 0. The normalized spacial score (nSPS) is 0. The zero-order valence-electron chi connectivity index (χ0n) is 7.61. The van der Waals surface area contributed by atoms with E-state index in [1.165, 1.54) is 0 Å². The molecule has 0 aromatic heterocycles. The van der Waals surface area contributed by atoms with Crippen LogP contribution >= 0.6 is 0 Å². The molecule has 11 nitrogen and oxygen atoms in total. The zero-order chi connectivity index (χ0) is 0. The molecule has 0 radical (unpaired) electrons. The number of hydrogen-bond donors (Lipinski definition) is 0. The minimum Gasteiger partial charge on any atom is -2.00 e. The summed E-state index contributed by atoms with van der Waals surface area (Å²) in [5.41, 5.74) is 0. The van der Waals surface area contributed by atoms with Gasteiger partial charge in [-0.2, -0.15) is 0 Å². The minimum absolute atomic E-state index is 0. The Balaban J connectivity index is 0. The van der Waals surface area contributed by atoms with Crippen LogP contribution in [0.2, 0.25) is 0 Å². The first kappa shape index (κ1) is 539. The maximum absolute atomic E-state index is 0. The van der Waals surface area contributed by atoms with Gasteiger partial charge in [-0.3, -0.25) is 0 Å². The maximum Gasteiger partial charge on any atom is 3.00 e. The topological polar surface area (TPSA) is 332 Å². The van der Waals surface area contributed by atoms with Gasteiger partial charge in [-0.05, 0) is 0 Å². The molecule has 0 unspecified atom stereocenters. The molecule has 0 spiro atoms. The summed E-state index contributed by atoms with van der Waals surface area (Å²) >= 11 is 0. The summed E-state index contributed by atoms with van der Waals surface area (Å²) in [5.74, 6) is 0. The molecule has 15 heavy (non-hydrogen) atoms. The van der Waals surface area contributed by atoms with Crippen molar-refractivity contribution in [3.8, 4) is 0 Å². The smallest absolute Gasteiger partial charge is 2.00 e. The Bertz CT molecular complexity index is 16.5. The Morgan fingerprint density at radius 1 is 0.267 bits per heavy atom. The van der Waals surface area contributed by atoms with Crippen molar-refractivity contribution in [3.63, 3.8) is 0 Å². The van der Waals surface area contributed by atoms with Gasteiger partial charge in [0.05, 0.1) is 0 Å². The summed E-state index contributed by atoms with van der Waals surface area (Å²) in [5, 5.41) is 0. The van der Waals surface area contributed by atoms with E-state index in [1.54, 1.807) is 0 Å². The van der Waals surface area contributed by atoms with E-state index in [0.717, 1.165) is 0 Å². The molecular weight excluding hydrogens is 310 g/mol. The Labute approximate surface area is 168 Å². The van der Waals surface area contributed by atoms with Crippen LogP contribution in [-0.4, -0.2) is 143 Å². The van der Waals surface area contributed by atoms with Crippen molar-refractivity contribution in [2.45, 2.75) is 0 Å². The predicted octanol–water partition coefficient (Wildman–Crippen LogP) is -7.07. The molecule has 0 aliphatic rings. The first-order valence-electron chi connectivity index (χ1n) is 0. The zero-order valence-corrected chi connectivity index (χ0v) is 14.3. The van der Waals surface area contributed by atoms with Gasteiger partial charge in [-0.25, -0.2) is 0 Å². The van der Waals surface area contributed by atoms with Gasteiger partial charge in [0.15, 0.2) is 0 Å². The molecule has 0 aliphatic heterocycles. The fourth-order valence-corrected chi connectivity index (χ4v) is 0. The second-order valence-electron chi connectivity index (χ2n) is 0. The van der Waals surface area contributed by atoms with Crippen molar-refractivity contribution >= 4 is 110 Å². The van der Waals surface area contributed by atoms with Gasteiger partial charge in [0, 0.05) is 0 Å². The van der Waals surface area contributed by atoms with Crippen LogP contribution in [0.3, 0.4) is 0 Å². The van der Waals surface area contributed by atoms with Gasteiger partial charge >= 0.3 is 110 Å². The minimum atomic E-state index is 0. The maximum atomic E-state index is 0. The van der Waals surface area contributed by atoms with E-state index in [4.69, 9.17) is 0 Å². The molecule has 0 aromatic rings. The van der Waals surface area contributed by atoms with Crippen LogP contribution in [0.15, 0.2) is 0 Å². The van der Waals surface area contributed by atoms with E-state index in [0.29, 0.717) is 0 Å². The van der Waals surface area contributed by atoms with Crippen molar-refractivity contribution in [1.82, 2.24) is 0 Å². The molecule has 0 atom stereocenters. The summed E-state index contributed by atoms with van der Waals surface area (Å²) < 4.78 is 0. The SMILES string of the molecule is O.O.O.O.O.O.[Al+3].[Al+3].[Ca+2].[Ca+2].[O-2].[O-2].[O-2].[O-2].[O-2]. The van der Waals surface area contributed by atoms with Crippen LogP contribution in [0, 0.1) is 0 Å². The average molecular weight is 322 g/mol. The Hall–Kier alpha value is 3.14. The molecule has 0 amide bonds. The number of rotatable bonds is 0. The second-order valence-corrected chi connectivity index (χ2v) is 0. The van der Waals surface area contributed by atoms with E-state index in [2.05, 4.69) is 0 Å². The molecule has 0 saturated heterocycles. The van der Waals surface area contributed by atoms with Crippen LogP contribution in [0.25, 0.3) is 0 Å².